The van der Waals surface area contributed by atoms with E-state index in [9.17, 15) is 4.79 Å². The SMILES string of the molecule is NC(=O)/C=N/O. The van der Waals surface area contributed by atoms with Crippen LogP contribution in [-0.2, 0) is 4.79 Å². The zero-order valence-electron chi connectivity index (χ0n) is 2.96. The van der Waals surface area contributed by atoms with E-state index < -0.39 is 5.91 Å². The van der Waals surface area contributed by atoms with Crippen LogP contribution in [-0.4, -0.2) is 17.3 Å². The molecule has 6 heavy (non-hydrogen) atoms. The molecule has 0 aliphatic heterocycles. The number of oxime groups is 1. The molecule has 0 rings (SSSR count). The van der Waals surface area contributed by atoms with Gasteiger partial charge in [0.1, 0.15) is 6.21 Å². The van der Waals surface area contributed by atoms with Gasteiger partial charge in [0.25, 0.3) is 5.91 Å². The van der Waals surface area contributed by atoms with Crippen LogP contribution < -0.4 is 5.73 Å². The molecule has 34 valence electrons. The van der Waals surface area contributed by atoms with Crippen molar-refractivity contribution >= 4 is 12.1 Å². The maximum atomic E-state index is 9.51. The minimum atomic E-state index is -0.752. The molecule has 3 N–H and O–H groups in total. The first-order valence-electron chi connectivity index (χ1n) is 1.24. The normalized spacial score (nSPS) is 9.33. The summed E-state index contributed by atoms with van der Waals surface area (Å²) in [6.07, 6.45) is 0.611. The van der Waals surface area contributed by atoms with Crippen LogP contribution in [0.3, 0.4) is 0 Å². The maximum absolute atomic E-state index is 9.51. The van der Waals surface area contributed by atoms with Crippen molar-refractivity contribution in [1.29, 1.82) is 0 Å². The molecule has 0 aromatic rings. The van der Waals surface area contributed by atoms with Gasteiger partial charge in [0.2, 0.25) is 0 Å². The molecule has 0 radical (unpaired) electrons. The summed E-state index contributed by atoms with van der Waals surface area (Å²) in [7, 11) is 0. The van der Waals surface area contributed by atoms with Crippen molar-refractivity contribution in [3.63, 3.8) is 0 Å². The highest BCUT2D eigenvalue weighted by Crippen LogP contribution is 1.45. The van der Waals surface area contributed by atoms with Gasteiger partial charge in [-0.3, -0.25) is 4.79 Å². The highest BCUT2D eigenvalue weighted by Gasteiger charge is 1.77. The molecular weight excluding hydrogens is 84.0 g/mol. The van der Waals surface area contributed by atoms with Gasteiger partial charge in [-0.15, -0.1) is 0 Å². The Morgan fingerprint density at radius 1 is 2.00 bits per heavy atom. The molecule has 0 aliphatic carbocycles. The number of nitrogens with two attached hydrogens (primary N) is 1. The smallest absolute Gasteiger partial charge is 0.263 e. The van der Waals surface area contributed by atoms with Crippen LogP contribution in [0.2, 0.25) is 0 Å². The molecule has 0 fully saturated rings. The van der Waals surface area contributed by atoms with Crippen molar-refractivity contribution in [2.45, 2.75) is 0 Å². The summed E-state index contributed by atoms with van der Waals surface area (Å²) in [5, 5.41) is 9.84. The van der Waals surface area contributed by atoms with Crippen LogP contribution in [0.15, 0.2) is 5.16 Å². The Bertz CT molecular complexity index is 77.6. The van der Waals surface area contributed by atoms with Crippen LogP contribution in [0.4, 0.5) is 0 Å². The first kappa shape index (κ1) is 4.94. The van der Waals surface area contributed by atoms with Gasteiger partial charge >= 0.3 is 0 Å². The second kappa shape index (κ2) is 2.19. The predicted octanol–water partition coefficient (Wildman–Crippen LogP) is -1.07. The highest BCUT2D eigenvalue weighted by atomic mass is 16.4. The lowest BCUT2D eigenvalue weighted by Crippen LogP contribution is -2.10. The van der Waals surface area contributed by atoms with Crippen molar-refractivity contribution in [1.82, 2.24) is 0 Å². The van der Waals surface area contributed by atoms with E-state index in [4.69, 9.17) is 5.21 Å². The number of carbonyl (C=O) groups is 1. The number of nitrogens with zero attached hydrogens (tertiary/aromatic N) is 1. The quantitative estimate of drug-likeness (QED) is 0.243. The van der Waals surface area contributed by atoms with Crippen LogP contribution in [0.1, 0.15) is 0 Å². The largest absolute Gasteiger partial charge is 0.411 e. The molecule has 0 unspecified atom stereocenters. The zero-order valence-corrected chi connectivity index (χ0v) is 2.96. The Kier molecular flexibility index (Phi) is 1.81. The molecule has 0 saturated heterocycles. The fourth-order valence-electron chi connectivity index (χ4n) is 0.0569. The van der Waals surface area contributed by atoms with Crippen LogP contribution in [0.5, 0.6) is 0 Å². The van der Waals surface area contributed by atoms with Gasteiger partial charge in [0, 0.05) is 0 Å². The van der Waals surface area contributed by atoms with Gasteiger partial charge in [-0.1, -0.05) is 5.16 Å². The third kappa shape index (κ3) is 2.94. The fraction of sp³-hybridized carbons (Fsp3) is 0. The minimum absolute atomic E-state index is 0.611. The molecule has 4 heteroatoms. The number of primary amides is 1. The lowest BCUT2D eigenvalue weighted by molar-refractivity contribution is -0.111. The predicted molar refractivity (Wildman–Crippen MR) is 19.5 cm³/mol. The fourth-order valence-corrected chi connectivity index (χ4v) is 0.0569. The molecule has 0 bridgehead atoms. The third-order valence-corrected chi connectivity index (χ3v) is 0.185. The molecule has 4 nitrogen and oxygen atoms in total. The van der Waals surface area contributed by atoms with Gasteiger partial charge in [0.15, 0.2) is 0 Å². The summed E-state index contributed by atoms with van der Waals surface area (Å²) < 4.78 is 0. The summed E-state index contributed by atoms with van der Waals surface area (Å²) >= 11 is 0. The van der Waals surface area contributed by atoms with Gasteiger partial charge in [-0.2, -0.15) is 0 Å². The highest BCUT2D eigenvalue weighted by molar-refractivity contribution is 6.25. The standard InChI is InChI=1S/C2H4N2O2/c3-2(5)1-4-6/h1,6H,(H2,3,5)/b4-1+. The molecule has 0 aromatic carbocycles. The summed E-state index contributed by atoms with van der Waals surface area (Å²) in [6, 6.07) is 0. The van der Waals surface area contributed by atoms with Gasteiger partial charge < -0.3 is 10.9 Å². The average molecular weight is 88.1 g/mol. The number of hydrogen-bond acceptors (Lipinski definition) is 3. The van der Waals surface area contributed by atoms with E-state index in [1.807, 2.05) is 0 Å². The van der Waals surface area contributed by atoms with Crippen LogP contribution >= 0.6 is 0 Å². The van der Waals surface area contributed by atoms with E-state index >= 15 is 0 Å². The summed E-state index contributed by atoms with van der Waals surface area (Å²) in [5.74, 6) is -0.752. The Morgan fingerprint density at radius 2 is 2.50 bits per heavy atom. The van der Waals surface area contributed by atoms with Crippen molar-refractivity contribution in [2.75, 3.05) is 0 Å². The lowest BCUT2D eigenvalue weighted by Gasteiger charge is -1.68. The first-order chi connectivity index (χ1) is 2.77. The van der Waals surface area contributed by atoms with E-state index in [-0.39, 0.29) is 0 Å². The van der Waals surface area contributed by atoms with Crippen LogP contribution in [0, 0.1) is 0 Å². The van der Waals surface area contributed by atoms with E-state index in [1.165, 1.54) is 0 Å². The molecule has 0 saturated carbocycles. The van der Waals surface area contributed by atoms with Gasteiger partial charge in [-0.05, 0) is 0 Å². The van der Waals surface area contributed by atoms with Crippen LogP contribution in [0.25, 0.3) is 0 Å². The number of carbonyl (C=O) groups excluding carboxylic acids is 1. The molecule has 0 atom stereocenters. The number of hydrogen-bond donors (Lipinski definition) is 2. The molecule has 1 amide bonds. The summed E-state index contributed by atoms with van der Waals surface area (Å²) in [6.45, 7) is 0. The summed E-state index contributed by atoms with van der Waals surface area (Å²) in [4.78, 5) is 9.51. The second-order valence-electron chi connectivity index (χ2n) is 0.647. The third-order valence-electron chi connectivity index (χ3n) is 0.185. The molecule has 0 aromatic heterocycles. The minimum Gasteiger partial charge on any atom is -0.411 e. The van der Waals surface area contributed by atoms with Gasteiger partial charge in [0.05, 0.1) is 0 Å². The lowest BCUT2D eigenvalue weighted by atomic mass is 10.7. The Morgan fingerprint density at radius 3 is 2.50 bits per heavy atom. The van der Waals surface area contributed by atoms with Crippen molar-refractivity contribution in [2.24, 2.45) is 10.9 Å². The van der Waals surface area contributed by atoms with E-state index in [0.29, 0.717) is 6.21 Å². The number of amides is 1. The Balaban J connectivity index is 3.30. The zero-order chi connectivity index (χ0) is 4.99. The topological polar surface area (TPSA) is 75.7 Å². The second-order valence-corrected chi connectivity index (χ2v) is 0.647. The monoisotopic (exact) mass is 88.0 g/mol. The van der Waals surface area contributed by atoms with Crippen molar-refractivity contribution in [3.05, 3.63) is 0 Å². The van der Waals surface area contributed by atoms with E-state index in [0.717, 1.165) is 0 Å². The van der Waals surface area contributed by atoms with Gasteiger partial charge in [-0.25, -0.2) is 0 Å². The van der Waals surface area contributed by atoms with Crippen molar-refractivity contribution < 1.29 is 10.0 Å². The molecular formula is C2H4N2O2. The molecule has 0 aliphatic rings. The number of rotatable bonds is 1. The van der Waals surface area contributed by atoms with E-state index in [2.05, 4.69) is 10.9 Å². The maximum Gasteiger partial charge on any atom is 0.263 e. The first-order valence-corrected chi connectivity index (χ1v) is 1.24. The molecule has 0 spiro atoms. The Labute approximate surface area is 34.2 Å². The average Bonchev–Trinajstić information content (AvgIpc) is 1.35. The summed E-state index contributed by atoms with van der Waals surface area (Å²) in [5.41, 5.74) is 4.45. The Hall–Kier alpha value is -1.06. The van der Waals surface area contributed by atoms with E-state index in [1.54, 1.807) is 0 Å². The van der Waals surface area contributed by atoms with Crippen molar-refractivity contribution in [3.8, 4) is 0 Å². The molecule has 0 heterocycles.